The van der Waals surface area contributed by atoms with E-state index in [1.54, 1.807) is 18.0 Å². The Morgan fingerprint density at radius 2 is 1.83 bits per heavy atom. The summed E-state index contributed by atoms with van der Waals surface area (Å²) in [6.07, 6.45) is 1.77. The maximum absolute atomic E-state index is 12.2. The SMILES string of the molecule is CC(=O)N1CCN([C@H](C(=O)O)c2c[nH]c3ccc(OCc4ccccc4)cc23)CC1. The van der Waals surface area contributed by atoms with Gasteiger partial charge in [0.1, 0.15) is 18.4 Å². The average Bonchev–Trinajstić information content (AvgIpc) is 3.16. The highest BCUT2D eigenvalue weighted by atomic mass is 16.5. The lowest BCUT2D eigenvalue weighted by atomic mass is 10.0. The number of carbonyl (C=O) groups is 2. The van der Waals surface area contributed by atoms with Crippen LogP contribution in [-0.2, 0) is 16.2 Å². The first kappa shape index (κ1) is 20.0. The number of fused-ring (bicyclic) bond motifs is 1. The lowest BCUT2D eigenvalue weighted by Crippen LogP contribution is -2.50. The molecule has 3 aromatic rings. The van der Waals surface area contributed by atoms with Gasteiger partial charge in [0.05, 0.1) is 0 Å². The number of aromatic amines is 1. The number of piperazine rings is 1. The van der Waals surface area contributed by atoms with E-state index in [1.807, 2.05) is 53.4 Å². The molecule has 156 valence electrons. The van der Waals surface area contributed by atoms with Crippen molar-refractivity contribution in [3.63, 3.8) is 0 Å². The first-order valence-electron chi connectivity index (χ1n) is 10.0. The molecule has 1 aliphatic rings. The number of carboxylic acids is 1. The summed E-state index contributed by atoms with van der Waals surface area (Å²) in [5.74, 6) is -0.186. The van der Waals surface area contributed by atoms with Crippen molar-refractivity contribution in [2.24, 2.45) is 0 Å². The van der Waals surface area contributed by atoms with E-state index in [1.165, 1.54) is 0 Å². The van der Waals surface area contributed by atoms with Crippen molar-refractivity contribution in [1.29, 1.82) is 0 Å². The van der Waals surface area contributed by atoms with Crippen LogP contribution < -0.4 is 4.74 Å². The second-order valence-electron chi connectivity index (χ2n) is 7.51. The maximum Gasteiger partial charge on any atom is 0.325 e. The van der Waals surface area contributed by atoms with Crippen LogP contribution in [-0.4, -0.2) is 57.9 Å². The summed E-state index contributed by atoms with van der Waals surface area (Å²) >= 11 is 0. The molecular weight excluding hydrogens is 382 g/mol. The van der Waals surface area contributed by atoms with Crippen LogP contribution in [0.25, 0.3) is 10.9 Å². The zero-order valence-corrected chi connectivity index (χ0v) is 16.9. The van der Waals surface area contributed by atoms with Crippen molar-refractivity contribution in [2.75, 3.05) is 26.2 Å². The second kappa shape index (κ2) is 8.59. The monoisotopic (exact) mass is 407 g/mol. The fraction of sp³-hybridized carbons (Fsp3) is 0.304. The maximum atomic E-state index is 12.2. The average molecular weight is 407 g/mol. The number of aromatic nitrogens is 1. The molecule has 1 aliphatic heterocycles. The number of hydrogen-bond acceptors (Lipinski definition) is 4. The van der Waals surface area contributed by atoms with Gasteiger partial charge in [0, 0.05) is 55.8 Å². The van der Waals surface area contributed by atoms with Crippen molar-refractivity contribution in [2.45, 2.75) is 19.6 Å². The Hall–Kier alpha value is -3.32. The van der Waals surface area contributed by atoms with Gasteiger partial charge in [-0.2, -0.15) is 0 Å². The highest BCUT2D eigenvalue weighted by Gasteiger charge is 2.32. The van der Waals surface area contributed by atoms with Gasteiger partial charge in [0.2, 0.25) is 5.91 Å². The van der Waals surface area contributed by atoms with Gasteiger partial charge in [-0.25, -0.2) is 0 Å². The molecular formula is C23H25N3O4. The molecule has 1 saturated heterocycles. The number of rotatable bonds is 6. The lowest BCUT2D eigenvalue weighted by Gasteiger charge is -2.37. The molecule has 0 bridgehead atoms. The topological polar surface area (TPSA) is 85.9 Å². The first-order chi connectivity index (χ1) is 14.5. The third kappa shape index (κ3) is 4.16. The van der Waals surface area contributed by atoms with Crippen LogP contribution in [0.3, 0.4) is 0 Å². The third-order valence-electron chi connectivity index (χ3n) is 5.59. The van der Waals surface area contributed by atoms with Crippen molar-refractivity contribution in [1.82, 2.24) is 14.8 Å². The summed E-state index contributed by atoms with van der Waals surface area (Å²) < 4.78 is 5.93. The van der Waals surface area contributed by atoms with Crippen LogP contribution in [0.4, 0.5) is 0 Å². The Balaban J connectivity index is 1.57. The van der Waals surface area contributed by atoms with Crippen molar-refractivity contribution >= 4 is 22.8 Å². The molecule has 0 saturated carbocycles. The van der Waals surface area contributed by atoms with Crippen molar-refractivity contribution in [3.05, 3.63) is 65.9 Å². The molecule has 0 aliphatic carbocycles. The fourth-order valence-electron chi connectivity index (χ4n) is 3.96. The summed E-state index contributed by atoms with van der Waals surface area (Å²) in [6, 6.07) is 14.8. The Morgan fingerprint density at radius 3 is 2.50 bits per heavy atom. The predicted molar refractivity (Wildman–Crippen MR) is 113 cm³/mol. The van der Waals surface area contributed by atoms with E-state index in [2.05, 4.69) is 4.98 Å². The first-order valence-corrected chi connectivity index (χ1v) is 10.0. The molecule has 0 spiro atoms. The van der Waals surface area contributed by atoms with Gasteiger partial charge in [-0.1, -0.05) is 30.3 Å². The molecule has 2 aromatic carbocycles. The molecule has 7 nitrogen and oxygen atoms in total. The Labute approximate surface area is 174 Å². The van der Waals surface area contributed by atoms with E-state index in [4.69, 9.17) is 4.74 Å². The van der Waals surface area contributed by atoms with Gasteiger partial charge >= 0.3 is 5.97 Å². The summed E-state index contributed by atoms with van der Waals surface area (Å²) in [5.41, 5.74) is 2.64. The molecule has 1 atom stereocenters. The molecule has 0 unspecified atom stereocenters. The van der Waals surface area contributed by atoms with Crippen LogP contribution in [0.15, 0.2) is 54.7 Å². The number of nitrogens with one attached hydrogen (secondary N) is 1. The quantitative estimate of drug-likeness (QED) is 0.656. The Morgan fingerprint density at radius 1 is 1.10 bits per heavy atom. The van der Waals surface area contributed by atoms with E-state index in [9.17, 15) is 14.7 Å². The van der Waals surface area contributed by atoms with E-state index in [-0.39, 0.29) is 5.91 Å². The van der Waals surface area contributed by atoms with Gasteiger partial charge in [0.25, 0.3) is 0 Å². The molecule has 7 heteroatoms. The molecule has 2 heterocycles. The Bertz CT molecular complexity index is 1040. The normalized spacial score (nSPS) is 15.8. The summed E-state index contributed by atoms with van der Waals surface area (Å²) in [5, 5.41) is 10.8. The number of H-pyrrole nitrogens is 1. The largest absolute Gasteiger partial charge is 0.489 e. The minimum absolute atomic E-state index is 0.0221. The highest BCUT2D eigenvalue weighted by molar-refractivity contribution is 5.90. The van der Waals surface area contributed by atoms with Gasteiger partial charge in [-0.15, -0.1) is 0 Å². The van der Waals surface area contributed by atoms with Crippen LogP contribution in [0.1, 0.15) is 24.1 Å². The summed E-state index contributed by atoms with van der Waals surface area (Å²) in [7, 11) is 0. The zero-order chi connectivity index (χ0) is 21.1. The standard InChI is InChI=1S/C23H25N3O4/c1-16(27)25-9-11-26(12-10-25)22(23(28)29)20-14-24-21-8-7-18(13-19(20)21)30-15-17-5-3-2-4-6-17/h2-8,13-14,22,24H,9-12,15H2,1H3,(H,28,29)/t22-/m0/s1. The number of carbonyl (C=O) groups excluding carboxylic acids is 1. The predicted octanol–water partition coefficient (Wildman–Crippen LogP) is 3.04. The van der Waals surface area contributed by atoms with Crippen LogP contribution in [0.5, 0.6) is 5.75 Å². The number of hydrogen-bond donors (Lipinski definition) is 2. The molecule has 0 radical (unpaired) electrons. The lowest BCUT2D eigenvalue weighted by molar-refractivity contribution is -0.144. The van der Waals surface area contributed by atoms with Gasteiger partial charge in [-0.05, 0) is 23.8 Å². The van der Waals surface area contributed by atoms with E-state index in [0.717, 1.165) is 16.5 Å². The molecule has 1 fully saturated rings. The number of ether oxygens (including phenoxy) is 1. The van der Waals surface area contributed by atoms with Crippen LogP contribution >= 0.6 is 0 Å². The number of amides is 1. The number of nitrogens with zero attached hydrogens (tertiary/aromatic N) is 2. The molecule has 1 amide bonds. The molecule has 30 heavy (non-hydrogen) atoms. The van der Waals surface area contributed by atoms with Gasteiger partial charge < -0.3 is 19.7 Å². The van der Waals surface area contributed by atoms with E-state index < -0.39 is 12.0 Å². The summed E-state index contributed by atoms with van der Waals surface area (Å²) in [4.78, 5) is 30.6. The highest BCUT2D eigenvalue weighted by Crippen LogP contribution is 2.32. The molecule has 2 N–H and O–H groups in total. The van der Waals surface area contributed by atoms with Crippen molar-refractivity contribution in [3.8, 4) is 5.75 Å². The van der Waals surface area contributed by atoms with Crippen molar-refractivity contribution < 1.29 is 19.4 Å². The smallest absolute Gasteiger partial charge is 0.325 e. The number of benzene rings is 2. The van der Waals surface area contributed by atoms with Crippen LogP contribution in [0, 0.1) is 0 Å². The summed E-state index contributed by atoms with van der Waals surface area (Å²) in [6.45, 7) is 4.10. The Kier molecular flexibility index (Phi) is 5.72. The second-order valence-corrected chi connectivity index (χ2v) is 7.51. The minimum atomic E-state index is -0.900. The number of aliphatic carboxylic acids is 1. The minimum Gasteiger partial charge on any atom is -0.489 e. The van der Waals surface area contributed by atoms with E-state index >= 15 is 0 Å². The zero-order valence-electron chi connectivity index (χ0n) is 16.9. The van der Waals surface area contributed by atoms with Gasteiger partial charge in [0.15, 0.2) is 0 Å². The van der Waals surface area contributed by atoms with Crippen LogP contribution in [0.2, 0.25) is 0 Å². The third-order valence-corrected chi connectivity index (χ3v) is 5.59. The van der Waals surface area contributed by atoms with E-state index in [0.29, 0.717) is 44.1 Å². The molecule has 1 aromatic heterocycles. The number of carboxylic acid groups (broad SMARTS) is 1. The molecule has 4 rings (SSSR count). The van der Waals surface area contributed by atoms with Gasteiger partial charge in [-0.3, -0.25) is 14.5 Å². The fourth-order valence-corrected chi connectivity index (χ4v) is 3.96.